The number of nitrogens with zero attached hydrogens (tertiary/aromatic N) is 2. The summed E-state index contributed by atoms with van der Waals surface area (Å²) >= 11 is 0. The lowest BCUT2D eigenvalue weighted by Crippen LogP contribution is -2.33. The van der Waals surface area contributed by atoms with Gasteiger partial charge < -0.3 is 10.0 Å². The van der Waals surface area contributed by atoms with Crippen molar-refractivity contribution < 1.29 is 36.4 Å². The molecule has 0 saturated carbocycles. The van der Waals surface area contributed by atoms with Gasteiger partial charge in [-0.1, -0.05) is 0 Å². The Labute approximate surface area is 139 Å². The van der Waals surface area contributed by atoms with E-state index in [0.717, 1.165) is 23.1 Å². The molecule has 25 heavy (non-hydrogen) atoms. The van der Waals surface area contributed by atoms with Crippen molar-refractivity contribution in [2.24, 2.45) is 17.0 Å². The highest BCUT2D eigenvalue weighted by molar-refractivity contribution is 7.89. The number of rotatable bonds is 4. The molecule has 0 spiro atoms. The predicted octanol–water partition coefficient (Wildman–Crippen LogP) is 0.942. The lowest BCUT2D eigenvalue weighted by molar-refractivity contribution is -0.384. The number of nitro benzene ring substituents is 1. The standard InChI is InChI=1S/C12H12F3N3O6S/c13-12(14,15)8-5-17(4-7(8)11(19)20)9-3-6(18(21)22)1-2-10(9)25(16,23)24/h1-3,7-8H,4-5H2,(H,19,20)(H2,16,23,24)/t7-,8-/m1/s1. The Morgan fingerprint density at radius 1 is 1.36 bits per heavy atom. The van der Waals surface area contributed by atoms with Gasteiger partial charge >= 0.3 is 12.1 Å². The number of nitrogens with two attached hydrogens (primary N) is 1. The van der Waals surface area contributed by atoms with Crippen LogP contribution in [0.4, 0.5) is 24.5 Å². The van der Waals surface area contributed by atoms with Crippen LogP contribution >= 0.6 is 0 Å². The minimum Gasteiger partial charge on any atom is -0.481 e. The van der Waals surface area contributed by atoms with Crippen molar-refractivity contribution in [2.45, 2.75) is 11.1 Å². The van der Waals surface area contributed by atoms with E-state index >= 15 is 0 Å². The number of non-ortho nitro benzene ring substituents is 1. The van der Waals surface area contributed by atoms with Crippen molar-refractivity contribution in [2.75, 3.05) is 18.0 Å². The van der Waals surface area contributed by atoms with Crippen molar-refractivity contribution in [3.05, 3.63) is 28.3 Å². The maximum Gasteiger partial charge on any atom is 0.394 e. The Hall–Kier alpha value is -2.41. The number of nitro groups is 1. The molecule has 1 saturated heterocycles. The first kappa shape index (κ1) is 18.9. The van der Waals surface area contributed by atoms with E-state index in [2.05, 4.69) is 0 Å². The van der Waals surface area contributed by atoms with Gasteiger partial charge in [-0.15, -0.1) is 0 Å². The van der Waals surface area contributed by atoms with E-state index in [1.165, 1.54) is 0 Å². The van der Waals surface area contributed by atoms with Crippen LogP contribution in [0.25, 0.3) is 0 Å². The number of anilines is 1. The summed E-state index contributed by atoms with van der Waals surface area (Å²) in [4.78, 5) is 21.3. The van der Waals surface area contributed by atoms with Crippen LogP contribution < -0.4 is 10.0 Å². The monoisotopic (exact) mass is 383 g/mol. The lowest BCUT2D eigenvalue weighted by atomic mass is 9.96. The third-order valence-electron chi connectivity index (χ3n) is 3.86. The Morgan fingerprint density at radius 2 is 1.96 bits per heavy atom. The highest BCUT2D eigenvalue weighted by atomic mass is 32.2. The molecule has 1 aliphatic rings. The van der Waals surface area contributed by atoms with E-state index in [0.29, 0.717) is 0 Å². The second-order valence-electron chi connectivity index (χ2n) is 5.45. The second kappa shape index (κ2) is 6.15. The SMILES string of the molecule is NS(=O)(=O)c1ccc([N+](=O)[O-])cc1N1C[C@@H](C(F)(F)F)[C@H](C(=O)O)C1. The summed E-state index contributed by atoms with van der Waals surface area (Å²) in [5.74, 6) is -5.79. The Balaban J connectivity index is 2.55. The van der Waals surface area contributed by atoms with Gasteiger partial charge in [0, 0.05) is 25.2 Å². The summed E-state index contributed by atoms with van der Waals surface area (Å²) in [6.07, 6.45) is -4.83. The van der Waals surface area contributed by atoms with Gasteiger partial charge in [0.25, 0.3) is 5.69 Å². The van der Waals surface area contributed by atoms with Crippen molar-refractivity contribution >= 4 is 27.4 Å². The molecule has 1 aromatic rings. The molecule has 0 aromatic heterocycles. The third-order valence-corrected chi connectivity index (χ3v) is 4.82. The molecular weight excluding hydrogens is 371 g/mol. The Bertz CT molecular complexity index is 826. The average Bonchev–Trinajstić information content (AvgIpc) is 2.91. The first-order valence-electron chi connectivity index (χ1n) is 6.68. The average molecular weight is 383 g/mol. The van der Waals surface area contributed by atoms with Gasteiger partial charge in [-0.25, -0.2) is 13.6 Å². The summed E-state index contributed by atoms with van der Waals surface area (Å²) in [7, 11) is -4.40. The summed E-state index contributed by atoms with van der Waals surface area (Å²) in [6, 6.07) is 2.41. The molecule has 9 nitrogen and oxygen atoms in total. The largest absolute Gasteiger partial charge is 0.481 e. The van der Waals surface area contributed by atoms with E-state index in [1.54, 1.807) is 0 Å². The zero-order valence-corrected chi connectivity index (χ0v) is 13.1. The van der Waals surface area contributed by atoms with E-state index in [-0.39, 0.29) is 0 Å². The zero-order chi connectivity index (χ0) is 19.2. The molecule has 138 valence electrons. The van der Waals surface area contributed by atoms with Gasteiger partial charge in [0.05, 0.1) is 22.4 Å². The molecule has 0 amide bonds. The van der Waals surface area contributed by atoms with E-state index in [1.807, 2.05) is 0 Å². The van der Waals surface area contributed by atoms with Crippen LogP contribution in [-0.4, -0.2) is 43.7 Å². The quantitative estimate of drug-likeness (QED) is 0.581. The number of hydrogen-bond donors (Lipinski definition) is 2. The molecule has 1 aromatic carbocycles. The first-order valence-corrected chi connectivity index (χ1v) is 8.22. The maximum atomic E-state index is 13.1. The minimum atomic E-state index is -4.83. The predicted molar refractivity (Wildman–Crippen MR) is 77.4 cm³/mol. The van der Waals surface area contributed by atoms with Gasteiger partial charge in [-0.2, -0.15) is 13.2 Å². The molecule has 0 unspecified atom stereocenters. The van der Waals surface area contributed by atoms with Crippen LogP contribution in [-0.2, 0) is 14.8 Å². The molecule has 0 bridgehead atoms. The summed E-state index contributed by atoms with van der Waals surface area (Å²) < 4.78 is 62.4. The molecule has 2 atom stereocenters. The van der Waals surface area contributed by atoms with Crippen LogP contribution in [0.5, 0.6) is 0 Å². The fourth-order valence-electron chi connectivity index (χ4n) is 2.69. The smallest absolute Gasteiger partial charge is 0.394 e. The molecule has 2 rings (SSSR count). The molecule has 0 aliphatic carbocycles. The number of hydrogen-bond acceptors (Lipinski definition) is 6. The number of halogens is 3. The normalized spacial score (nSPS) is 21.4. The first-order chi connectivity index (χ1) is 11.3. The van der Waals surface area contributed by atoms with Crippen LogP contribution in [0.2, 0.25) is 0 Å². The van der Waals surface area contributed by atoms with Crippen LogP contribution in [0.3, 0.4) is 0 Å². The van der Waals surface area contributed by atoms with Gasteiger partial charge in [0.15, 0.2) is 0 Å². The summed E-state index contributed by atoms with van der Waals surface area (Å²) in [5.41, 5.74) is -1.00. The van der Waals surface area contributed by atoms with Crippen LogP contribution in [0.15, 0.2) is 23.1 Å². The van der Waals surface area contributed by atoms with Crippen molar-refractivity contribution in [1.29, 1.82) is 0 Å². The summed E-state index contributed by atoms with van der Waals surface area (Å²) in [5, 5.41) is 24.9. The molecule has 1 aliphatic heterocycles. The van der Waals surface area contributed by atoms with Gasteiger partial charge in [-0.05, 0) is 6.07 Å². The number of carboxylic acid groups (broad SMARTS) is 1. The molecule has 0 radical (unpaired) electrons. The van der Waals surface area contributed by atoms with Crippen molar-refractivity contribution in [3.8, 4) is 0 Å². The zero-order valence-electron chi connectivity index (χ0n) is 12.3. The van der Waals surface area contributed by atoms with E-state index in [9.17, 15) is 36.5 Å². The number of carboxylic acids is 1. The molecule has 1 heterocycles. The highest BCUT2D eigenvalue weighted by Gasteiger charge is 2.53. The van der Waals surface area contributed by atoms with Crippen molar-refractivity contribution in [1.82, 2.24) is 0 Å². The van der Waals surface area contributed by atoms with Crippen LogP contribution in [0.1, 0.15) is 0 Å². The topological polar surface area (TPSA) is 144 Å². The van der Waals surface area contributed by atoms with Gasteiger partial charge in [-0.3, -0.25) is 14.9 Å². The minimum absolute atomic E-state index is 0.435. The molecular formula is C12H12F3N3O6S. The number of alkyl halides is 3. The van der Waals surface area contributed by atoms with Gasteiger partial charge in [0.1, 0.15) is 4.90 Å². The molecule has 3 N–H and O–H groups in total. The molecule has 13 heteroatoms. The third kappa shape index (κ3) is 3.82. The number of sulfonamides is 1. The van der Waals surface area contributed by atoms with E-state index in [4.69, 9.17) is 10.2 Å². The maximum absolute atomic E-state index is 13.1. The summed E-state index contributed by atoms with van der Waals surface area (Å²) in [6.45, 7) is -1.52. The molecule has 1 fully saturated rings. The number of aliphatic carboxylic acids is 1. The fraction of sp³-hybridized carbons (Fsp3) is 0.417. The highest BCUT2D eigenvalue weighted by Crippen LogP contribution is 2.41. The van der Waals surface area contributed by atoms with E-state index < -0.39 is 68.3 Å². The lowest BCUT2D eigenvalue weighted by Gasteiger charge is -2.21. The number of primary sulfonamides is 1. The fourth-order valence-corrected chi connectivity index (χ4v) is 3.43. The Morgan fingerprint density at radius 3 is 2.36 bits per heavy atom. The number of benzene rings is 1. The van der Waals surface area contributed by atoms with Gasteiger partial charge in [0.2, 0.25) is 10.0 Å². The second-order valence-corrected chi connectivity index (χ2v) is 6.98. The number of carbonyl (C=O) groups is 1. The van der Waals surface area contributed by atoms with Crippen molar-refractivity contribution in [3.63, 3.8) is 0 Å². The Kier molecular flexibility index (Phi) is 4.65. The van der Waals surface area contributed by atoms with Crippen LogP contribution in [0, 0.1) is 22.0 Å².